The molecule has 0 spiro atoms. The van der Waals surface area contributed by atoms with Crippen LogP contribution < -0.4 is 0 Å². The molecule has 0 bridgehead atoms. The van der Waals surface area contributed by atoms with Gasteiger partial charge in [-0.3, -0.25) is 4.79 Å². The van der Waals surface area contributed by atoms with Crippen LogP contribution >= 0.6 is 47.8 Å². The van der Waals surface area contributed by atoms with Gasteiger partial charge in [0.2, 0.25) is 0 Å². The first kappa shape index (κ1) is 30.4. The summed E-state index contributed by atoms with van der Waals surface area (Å²) in [5, 5.41) is -0.446. The fourth-order valence-corrected chi connectivity index (χ4v) is 5.62. The SMILES string of the molecule is O=C(OC(CBr)(CC(Br)(Br)C(=O)c1ccccc1)c1cc(C(F)(F)F)cc(C(F)(F)F)c1)c1ccccc1. The van der Waals surface area contributed by atoms with E-state index in [0.29, 0.717) is 12.1 Å². The molecule has 0 radical (unpaired) electrons. The second-order valence-corrected chi connectivity index (χ2v) is 12.6. The number of hydrogen-bond acceptors (Lipinski definition) is 3. The molecule has 0 amide bonds. The summed E-state index contributed by atoms with van der Waals surface area (Å²) in [6.45, 7) is 0. The maximum Gasteiger partial charge on any atom is 0.416 e. The lowest BCUT2D eigenvalue weighted by molar-refractivity contribution is -0.143. The number of esters is 1. The molecule has 1 unspecified atom stereocenters. The molecule has 3 aromatic rings. The number of halogens is 9. The number of ketones is 1. The van der Waals surface area contributed by atoms with Gasteiger partial charge in [-0.05, 0) is 35.9 Å². The molecule has 3 aromatic carbocycles. The minimum Gasteiger partial charge on any atom is -0.450 e. The van der Waals surface area contributed by atoms with Gasteiger partial charge in [0.1, 0.15) is 8.83 Å². The summed E-state index contributed by atoms with van der Waals surface area (Å²) in [7, 11) is 0. The Kier molecular flexibility index (Phi) is 9.20. The predicted molar refractivity (Wildman–Crippen MR) is 140 cm³/mol. The van der Waals surface area contributed by atoms with Gasteiger partial charge in [0.15, 0.2) is 5.78 Å². The Bertz CT molecular complexity index is 1260. The van der Waals surface area contributed by atoms with E-state index in [2.05, 4.69) is 47.8 Å². The van der Waals surface area contributed by atoms with Crippen molar-refractivity contribution in [2.45, 2.75) is 27.6 Å². The molecule has 0 fully saturated rings. The Morgan fingerprint density at radius 1 is 0.684 bits per heavy atom. The summed E-state index contributed by atoms with van der Waals surface area (Å²) in [4.78, 5) is 26.4. The molecule has 202 valence electrons. The third-order valence-corrected chi connectivity index (χ3v) is 7.69. The standard InChI is InChI=1S/C26H17Br3F6O3/c27-15-23(38-22(37)17-9-5-2-6-10-17,14-24(28,29)21(36)16-7-3-1-4-8-16)18-11-19(25(30,31)32)13-20(12-18)26(33,34)35/h1-13H,14-15H2. The highest BCUT2D eigenvalue weighted by atomic mass is 79.9. The van der Waals surface area contributed by atoms with Crippen LogP contribution in [0.2, 0.25) is 0 Å². The molecule has 3 nitrogen and oxygen atoms in total. The first-order valence-electron chi connectivity index (χ1n) is 10.7. The van der Waals surface area contributed by atoms with Crippen molar-refractivity contribution in [3.05, 3.63) is 107 Å². The predicted octanol–water partition coefficient (Wildman–Crippen LogP) is 8.93. The maximum absolute atomic E-state index is 13.7. The van der Waals surface area contributed by atoms with E-state index in [1.54, 1.807) is 24.3 Å². The van der Waals surface area contributed by atoms with E-state index < -0.39 is 61.4 Å². The minimum absolute atomic E-state index is 0.00461. The normalized spacial score (nSPS) is 14.0. The Morgan fingerprint density at radius 3 is 1.53 bits per heavy atom. The van der Waals surface area contributed by atoms with Crippen molar-refractivity contribution in [3.8, 4) is 0 Å². The van der Waals surface area contributed by atoms with E-state index >= 15 is 0 Å². The van der Waals surface area contributed by atoms with Crippen LogP contribution in [-0.4, -0.2) is 20.3 Å². The number of alkyl halides is 9. The molecule has 0 aliphatic rings. The molecule has 0 aliphatic heterocycles. The van der Waals surface area contributed by atoms with Gasteiger partial charge < -0.3 is 4.74 Å². The van der Waals surface area contributed by atoms with Gasteiger partial charge in [-0.15, -0.1) is 0 Å². The highest BCUT2D eigenvalue weighted by Gasteiger charge is 2.48. The molecule has 0 saturated carbocycles. The van der Waals surface area contributed by atoms with Crippen LogP contribution in [0.5, 0.6) is 0 Å². The summed E-state index contributed by atoms with van der Waals surface area (Å²) in [6.07, 6.45) is -10.9. The van der Waals surface area contributed by atoms with Gasteiger partial charge in [-0.2, -0.15) is 26.3 Å². The Balaban J connectivity index is 2.23. The number of Topliss-reactive ketones (excluding diaryl/α,β-unsaturated/α-hetero) is 1. The van der Waals surface area contributed by atoms with Crippen molar-refractivity contribution in [3.63, 3.8) is 0 Å². The van der Waals surface area contributed by atoms with E-state index in [1.807, 2.05) is 0 Å². The minimum atomic E-state index is -5.14. The van der Waals surface area contributed by atoms with E-state index in [4.69, 9.17) is 4.74 Å². The number of carbonyl (C=O) groups is 2. The largest absolute Gasteiger partial charge is 0.450 e. The quantitative estimate of drug-likeness (QED) is 0.101. The fourth-order valence-electron chi connectivity index (χ4n) is 3.62. The second-order valence-electron chi connectivity index (χ2n) is 8.25. The lowest BCUT2D eigenvalue weighted by atomic mass is 9.86. The Morgan fingerprint density at radius 2 is 1.11 bits per heavy atom. The number of carbonyl (C=O) groups excluding carboxylic acids is 2. The van der Waals surface area contributed by atoms with Crippen LogP contribution in [0.4, 0.5) is 26.3 Å². The first-order chi connectivity index (χ1) is 17.6. The second kappa shape index (κ2) is 11.5. The van der Waals surface area contributed by atoms with Crippen molar-refractivity contribution in [2.24, 2.45) is 0 Å². The zero-order valence-electron chi connectivity index (χ0n) is 19.0. The van der Waals surface area contributed by atoms with Gasteiger partial charge >= 0.3 is 18.3 Å². The van der Waals surface area contributed by atoms with Gasteiger partial charge in [0.05, 0.1) is 16.7 Å². The van der Waals surface area contributed by atoms with Crippen molar-refractivity contribution >= 4 is 59.5 Å². The van der Waals surface area contributed by atoms with E-state index in [9.17, 15) is 35.9 Å². The topological polar surface area (TPSA) is 43.4 Å². The van der Waals surface area contributed by atoms with Gasteiger partial charge in [-0.25, -0.2) is 4.79 Å². The lowest BCUT2D eigenvalue weighted by Crippen LogP contribution is -2.42. The number of ether oxygens (including phenoxy) is 1. The van der Waals surface area contributed by atoms with E-state index in [1.165, 1.54) is 36.4 Å². The zero-order chi connectivity index (χ0) is 28.4. The average Bonchev–Trinajstić information content (AvgIpc) is 2.87. The first-order valence-corrected chi connectivity index (χ1v) is 13.4. The van der Waals surface area contributed by atoms with Crippen molar-refractivity contribution in [2.75, 3.05) is 5.33 Å². The van der Waals surface area contributed by atoms with Crippen LogP contribution in [0.15, 0.2) is 78.9 Å². The molecule has 3 rings (SSSR count). The summed E-state index contributed by atoms with van der Waals surface area (Å²) < 4.78 is 86.0. The van der Waals surface area contributed by atoms with Gasteiger partial charge in [0, 0.05) is 17.3 Å². The molecule has 0 aromatic heterocycles. The molecule has 38 heavy (non-hydrogen) atoms. The molecular weight excluding hydrogens is 714 g/mol. The highest BCUT2D eigenvalue weighted by molar-refractivity contribution is 9.26. The Labute approximate surface area is 238 Å². The average molecular weight is 731 g/mol. The van der Waals surface area contributed by atoms with Crippen LogP contribution in [-0.2, 0) is 22.7 Å². The molecule has 0 N–H and O–H groups in total. The summed E-state index contributed by atoms with van der Waals surface area (Å²) in [6, 6.07) is 16.1. The summed E-state index contributed by atoms with van der Waals surface area (Å²) >= 11 is 9.59. The lowest BCUT2D eigenvalue weighted by Gasteiger charge is -2.37. The van der Waals surface area contributed by atoms with Crippen molar-refractivity contribution < 1.29 is 40.7 Å². The van der Waals surface area contributed by atoms with Crippen LogP contribution in [0.25, 0.3) is 0 Å². The monoisotopic (exact) mass is 728 g/mol. The van der Waals surface area contributed by atoms with E-state index in [-0.39, 0.29) is 17.2 Å². The molecule has 0 saturated heterocycles. The number of rotatable bonds is 8. The zero-order valence-corrected chi connectivity index (χ0v) is 23.8. The Hall–Kier alpha value is -2.18. The third kappa shape index (κ3) is 7.06. The molecular formula is C26H17Br3F6O3. The molecule has 1 atom stereocenters. The van der Waals surface area contributed by atoms with Crippen molar-refractivity contribution in [1.82, 2.24) is 0 Å². The van der Waals surface area contributed by atoms with Crippen LogP contribution in [0.1, 0.15) is 43.8 Å². The fraction of sp³-hybridized carbons (Fsp3) is 0.231. The molecule has 0 heterocycles. The van der Waals surface area contributed by atoms with E-state index in [0.717, 1.165) is 0 Å². The molecule has 0 aliphatic carbocycles. The number of hydrogen-bond donors (Lipinski definition) is 0. The van der Waals surface area contributed by atoms with Gasteiger partial charge in [-0.1, -0.05) is 96.3 Å². The maximum atomic E-state index is 13.7. The summed E-state index contributed by atoms with van der Waals surface area (Å²) in [5.74, 6) is -1.61. The van der Waals surface area contributed by atoms with Gasteiger partial charge in [0.25, 0.3) is 0 Å². The summed E-state index contributed by atoms with van der Waals surface area (Å²) in [5.41, 5.74) is -5.76. The van der Waals surface area contributed by atoms with Crippen molar-refractivity contribution in [1.29, 1.82) is 0 Å². The highest BCUT2D eigenvalue weighted by Crippen LogP contribution is 2.47. The van der Waals surface area contributed by atoms with Crippen LogP contribution in [0, 0.1) is 0 Å². The van der Waals surface area contributed by atoms with Crippen LogP contribution in [0.3, 0.4) is 0 Å². The molecule has 12 heteroatoms. The smallest absolute Gasteiger partial charge is 0.416 e. The number of benzene rings is 3. The third-order valence-electron chi connectivity index (χ3n) is 5.50.